The maximum absolute atomic E-state index is 12.6. The van der Waals surface area contributed by atoms with Gasteiger partial charge in [0.15, 0.2) is 0 Å². The van der Waals surface area contributed by atoms with Crippen LogP contribution in [0.25, 0.3) is 0 Å². The molecule has 1 aromatic carbocycles. The first-order valence-electron chi connectivity index (χ1n) is 6.27. The van der Waals surface area contributed by atoms with Crippen LogP contribution in [0.4, 0.5) is 13.2 Å². The second-order valence-corrected chi connectivity index (χ2v) is 4.27. The van der Waals surface area contributed by atoms with E-state index in [9.17, 15) is 23.1 Å². The van der Waals surface area contributed by atoms with Gasteiger partial charge in [0, 0.05) is 12.6 Å². The summed E-state index contributed by atoms with van der Waals surface area (Å²) in [6.07, 6.45) is 0.509. The SMILES string of the molecule is CC=CC=CC(=O)NCC(O)c1cccc(C(F)(F)F)c1. The molecule has 6 heteroatoms. The Hall–Kier alpha value is -2.08. The molecule has 0 aliphatic heterocycles. The van der Waals surface area contributed by atoms with Gasteiger partial charge in [-0.3, -0.25) is 4.79 Å². The second-order valence-electron chi connectivity index (χ2n) is 4.27. The molecule has 0 aliphatic carbocycles. The zero-order valence-electron chi connectivity index (χ0n) is 11.4. The first kappa shape index (κ1) is 17.0. The van der Waals surface area contributed by atoms with Crippen LogP contribution in [0, 0.1) is 0 Å². The third-order valence-corrected chi connectivity index (χ3v) is 2.62. The predicted molar refractivity (Wildman–Crippen MR) is 73.4 cm³/mol. The average Bonchev–Trinajstić information content (AvgIpc) is 2.44. The predicted octanol–water partition coefficient (Wildman–Crippen LogP) is 2.99. The number of benzene rings is 1. The molecule has 1 aromatic rings. The summed E-state index contributed by atoms with van der Waals surface area (Å²) in [5, 5.41) is 12.2. The lowest BCUT2D eigenvalue weighted by atomic mass is 10.1. The van der Waals surface area contributed by atoms with Crippen molar-refractivity contribution in [2.24, 2.45) is 0 Å². The topological polar surface area (TPSA) is 49.3 Å². The summed E-state index contributed by atoms with van der Waals surface area (Å²) in [7, 11) is 0. The fourth-order valence-electron chi connectivity index (χ4n) is 1.55. The van der Waals surface area contributed by atoms with E-state index in [-0.39, 0.29) is 12.1 Å². The molecule has 21 heavy (non-hydrogen) atoms. The van der Waals surface area contributed by atoms with Gasteiger partial charge < -0.3 is 10.4 Å². The van der Waals surface area contributed by atoms with Gasteiger partial charge >= 0.3 is 6.18 Å². The summed E-state index contributed by atoms with van der Waals surface area (Å²) in [5.74, 6) is -0.431. The number of hydrogen-bond donors (Lipinski definition) is 2. The molecule has 0 saturated heterocycles. The zero-order chi connectivity index (χ0) is 15.9. The molecule has 0 aliphatic rings. The van der Waals surface area contributed by atoms with Gasteiger partial charge in [-0.15, -0.1) is 0 Å². The number of rotatable bonds is 5. The molecule has 0 fully saturated rings. The summed E-state index contributed by atoms with van der Waals surface area (Å²) in [5.41, 5.74) is -0.735. The number of carbonyl (C=O) groups is 1. The number of nitrogens with one attached hydrogen (secondary N) is 1. The van der Waals surface area contributed by atoms with Crippen molar-refractivity contribution in [3.63, 3.8) is 0 Å². The van der Waals surface area contributed by atoms with Crippen LogP contribution < -0.4 is 5.32 Å². The minimum Gasteiger partial charge on any atom is -0.387 e. The first-order chi connectivity index (χ1) is 9.84. The standard InChI is InChI=1S/C15H16F3NO2/c1-2-3-4-8-14(21)19-10-13(20)11-6-5-7-12(9-11)15(16,17)18/h2-9,13,20H,10H2,1H3,(H,19,21). The lowest BCUT2D eigenvalue weighted by molar-refractivity contribution is -0.137. The monoisotopic (exact) mass is 299 g/mol. The third kappa shape index (κ3) is 5.83. The fourth-order valence-corrected chi connectivity index (χ4v) is 1.55. The molecule has 0 aromatic heterocycles. The van der Waals surface area contributed by atoms with E-state index in [4.69, 9.17) is 0 Å². The fraction of sp³-hybridized carbons (Fsp3) is 0.267. The number of aliphatic hydroxyl groups is 1. The minimum atomic E-state index is -4.46. The van der Waals surface area contributed by atoms with Crippen molar-refractivity contribution in [3.8, 4) is 0 Å². The summed E-state index contributed by atoms with van der Waals surface area (Å²) >= 11 is 0. The lowest BCUT2D eigenvalue weighted by Gasteiger charge is -2.14. The number of amides is 1. The van der Waals surface area contributed by atoms with Crippen molar-refractivity contribution in [3.05, 3.63) is 59.7 Å². The van der Waals surface area contributed by atoms with E-state index in [0.29, 0.717) is 0 Å². The van der Waals surface area contributed by atoms with Gasteiger partial charge in [-0.25, -0.2) is 0 Å². The number of aliphatic hydroxyl groups excluding tert-OH is 1. The Balaban J connectivity index is 2.64. The lowest BCUT2D eigenvalue weighted by Crippen LogP contribution is -2.26. The third-order valence-electron chi connectivity index (χ3n) is 2.62. The largest absolute Gasteiger partial charge is 0.416 e. The van der Waals surface area contributed by atoms with Crippen LogP contribution in [-0.2, 0) is 11.0 Å². The van der Waals surface area contributed by atoms with Gasteiger partial charge in [-0.1, -0.05) is 30.4 Å². The average molecular weight is 299 g/mol. The Morgan fingerprint density at radius 1 is 1.38 bits per heavy atom. The Morgan fingerprint density at radius 2 is 2.10 bits per heavy atom. The number of alkyl halides is 3. The van der Waals surface area contributed by atoms with E-state index >= 15 is 0 Å². The Morgan fingerprint density at radius 3 is 2.71 bits per heavy atom. The highest BCUT2D eigenvalue weighted by atomic mass is 19.4. The molecule has 0 radical (unpaired) electrons. The molecule has 0 bridgehead atoms. The van der Waals surface area contributed by atoms with Crippen LogP contribution in [0.5, 0.6) is 0 Å². The molecule has 0 heterocycles. The van der Waals surface area contributed by atoms with Gasteiger partial charge in [-0.05, 0) is 24.6 Å². The van der Waals surface area contributed by atoms with Crippen LogP contribution in [0.2, 0.25) is 0 Å². The quantitative estimate of drug-likeness (QED) is 0.648. The highest BCUT2D eigenvalue weighted by molar-refractivity contribution is 5.87. The normalized spacial score (nSPS) is 13.8. The van der Waals surface area contributed by atoms with E-state index in [1.54, 1.807) is 19.1 Å². The van der Waals surface area contributed by atoms with E-state index in [0.717, 1.165) is 12.1 Å². The maximum Gasteiger partial charge on any atom is 0.416 e. The van der Waals surface area contributed by atoms with Crippen molar-refractivity contribution in [1.82, 2.24) is 5.32 Å². The van der Waals surface area contributed by atoms with Gasteiger partial charge in [0.25, 0.3) is 0 Å². The van der Waals surface area contributed by atoms with Crippen LogP contribution in [-0.4, -0.2) is 17.6 Å². The molecule has 3 nitrogen and oxygen atoms in total. The maximum atomic E-state index is 12.6. The summed E-state index contributed by atoms with van der Waals surface area (Å²) in [4.78, 5) is 11.4. The summed E-state index contributed by atoms with van der Waals surface area (Å²) in [6, 6.07) is 4.39. The second kappa shape index (κ2) is 7.64. The Labute approximate surface area is 120 Å². The molecular formula is C15H16F3NO2. The smallest absolute Gasteiger partial charge is 0.387 e. The van der Waals surface area contributed by atoms with Gasteiger partial charge in [0.1, 0.15) is 0 Å². The number of hydrogen-bond acceptors (Lipinski definition) is 2. The van der Waals surface area contributed by atoms with E-state index < -0.39 is 23.8 Å². The Bertz CT molecular complexity index is 536. The summed E-state index contributed by atoms with van der Waals surface area (Å²) in [6.45, 7) is 1.62. The van der Waals surface area contributed by atoms with Crippen molar-refractivity contribution in [2.45, 2.75) is 19.2 Å². The summed E-state index contributed by atoms with van der Waals surface area (Å²) < 4.78 is 37.7. The molecule has 1 rings (SSSR count). The molecule has 1 unspecified atom stereocenters. The molecule has 114 valence electrons. The van der Waals surface area contributed by atoms with Gasteiger partial charge in [0.05, 0.1) is 11.7 Å². The Kier molecular flexibility index (Phi) is 6.17. The van der Waals surface area contributed by atoms with Crippen LogP contribution in [0.3, 0.4) is 0 Å². The van der Waals surface area contributed by atoms with Crippen LogP contribution in [0.15, 0.2) is 48.6 Å². The molecular weight excluding hydrogens is 283 g/mol. The van der Waals surface area contributed by atoms with Crippen LogP contribution in [0.1, 0.15) is 24.2 Å². The molecule has 1 amide bonds. The van der Waals surface area contributed by atoms with Crippen molar-refractivity contribution < 1.29 is 23.1 Å². The van der Waals surface area contributed by atoms with Gasteiger partial charge in [-0.2, -0.15) is 13.2 Å². The molecule has 0 spiro atoms. The number of allylic oxidation sites excluding steroid dienone is 3. The molecule has 2 N–H and O–H groups in total. The molecule has 1 atom stereocenters. The van der Waals surface area contributed by atoms with Crippen LogP contribution >= 0.6 is 0 Å². The first-order valence-corrected chi connectivity index (χ1v) is 6.27. The van der Waals surface area contributed by atoms with Crippen molar-refractivity contribution in [2.75, 3.05) is 6.54 Å². The van der Waals surface area contributed by atoms with Crippen molar-refractivity contribution in [1.29, 1.82) is 0 Å². The number of halogens is 3. The van der Waals surface area contributed by atoms with E-state index in [1.807, 2.05) is 0 Å². The van der Waals surface area contributed by atoms with Gasteiger partial charge in [0.2, 0.25) is 5.91 Å². The van der Waals surface area contributed by atoms with E-state index in [1.165, 1.54) is 24.3 Å². The zero-order valence-corrected chi connectivity index (χ0v) is 11.4. The highest BCUT2D eigenvalue weighted by Crippen LogP contribution is 2.30. The molecule has 0 saturated carbocycles. The van der Waals surface area contributed by atoms with E-state index in [2.05, 4.69) is 5.32 Å². The van der Waals surface area contributed by atoms with Crippen molar-refractivity contribution >= 4 is 5.91 Å². The number of carbonyl (C=O) groups excluding carboxylic acids is 1. The minimum absolute atomic E-state index is 0.0996. The highest BCUT2D eigenvalue weighted by Gasteiger charge is 2.30.